The molecule has 0 saturated carbocycles. The fourth-order valence-electron chi connectivity index (χ4n) is 1.22. The number of hydrogen-bond acceptors (Lipinski definition) is 3. The molecule has 0 aliphatic rings. The molecule has 0 saturated heterocycles. The SMILES string of the molecule is O=C(Nc1nc(CCl)cs1)c1cccc(Cl)c1. The zero-order chi connectivity index (χ0) is 12.3. The largest absolute Gasteiger partial charge is 0.298 e. The van der Waals surface area contributed by atoms with Crippen molar-refractivity contribution < 1.29 is 4.79 Å². The third-order valence-corrected chi connectivity index (χ3v) is 3.31. The van der Waals surface area contributed by atoms with Crippen molar-refractivity contribution in [3.63, 3.8) is 0 Å². The normalized spacial score (nSPS) is 10.2. The van der Waals surface area contributed by atoms with Crippen LogP contribution in [0.25, 0.3) is 0 Å². The Hall–Kier alpha value is -1.10. The van der Waals surface area contributed by atoms with Gasteiger partial charge in [-0.2, -0.15) is 0 Å². The minimum absolute atomic E-state index is 0.233. The first kappa shape index (κ1) is 12.4. The van der Waals surface area contributed by atoms with Crippen LogP contribution in [0.1, 0.15) is 16.1 Å². The molecular formula is C11H8Cl2N2OS. The molecule has 6 heteroatoms. The third kappa shape index (κ3) is 3.19. The fraction of sp³-hybridized carbons (Fsp3) is 0.0909. The molecule has 0 bridgehead atoms. The molecule has 0 spiro atoms. The van der Waals surface area contributed by atoms with Gasteiger partial charge in [0.1, 0.15) is 0 Å². The first-order valence-corrected chi connectivity index (χ1v) is 6.55. The number of anilines is 1. The highest BCUT2D eigenvalue weighted by molar-refractivity contribution is 7.14. The van der Waals surface area contributed by atoms with Crippen LogP contribution >= 0.6 is 34.5 Å². The van der Waals surface area contributed by atoms with E-state index in [1.807, 2.05) is 0 Å². The molecule has 1 heterocycles. The van der Waals surface area contributed by atoms with Crippen molar-refractivity contribution in [1.82, 2.24) is 4.98 Å². The molecule has 1 amide bonds. The van der Waals surface area contributed by atoms with E-state index in [0.717, 1.165) is 5.69 Å². The molecule has 0 aliphatic heterocycles. The number of halogens is 2. The van der Waals surface area contributed by atoms with E-state index in [2.05, 4.69) is 10.3 Å². The van der Waals surface area contributed by atoms with Gasteiger partial charge in [0.2, 0.25) is 0 Å². The van der Waals surface area contributed by atoms with Gasteiger partial charge in [0.25, 0.3) is 5.91 Å². The van der Waals surface area contributed by atoms with E-state index < -0.39 is 0 Å². The first-order chi connectivity index (χ1) is 8.19. The molecule has 0 unspecified atom stereocenters. The van der Waals surface area contributed by atoms with Gasteiger partial charge in [-0.25, -0.2) is 4.98 Å². The van der Waals surface area contributed by atoms with Crippen molar-refractivity contribution in [3.05, 3.63) is 45.9 Å². The Bertz CT molecular complexity index is 542. The molecule has 88 valence electrons. The summed E-state index contributed by atoms with van der Waals surface area (Å²) in [6.45, 7) is 0. The maximum atomic E-state index is 11.8. The molecule has 0 fully saturated rings. The van der Waals surface area contributed by atoms with E-state index >= 15 is 0 Å². The van der Waals surface area contributed by atoms with Crippen LogP contribution in [-0.2, 0) is 5.88 Å². The van der Waals surface area contributed by atoms with Crippen LogP contribution in [0.3, 0.4) is 0 Å². The van der Waals surface area contributed by atoms with Gasteiger partial charge in [0.15, 0.2) is 5.13 Å². The maximum Gasteiger partial charge on any atom is 0.257 e. The summed E-state index contributed by atoms with van der Waals surface area (Å²) < 4.78 is 0. The number of benzene rings is 1. The van der Waals surface area contributed by atoms with Gasteiger partial charge in [-0.1, -0.05) is 17.7 Å². The van der Waals surface area contributed by atoms with Crippen molar-refractivity contribution in [2.75, 3.05) is 5.32 Å². The van der Waals surface area contributed by atoms with Gasteiger partial charge in [0.05, 0.1) is 11.6 Å². The average Bonchev–Trinajstić information content (AvgIpc) is 2.77. The van der Waals surface area contributed by atoms with Gasteiger partial charge in [-0.05, 0) is 18.2 Å². The number of hydrogen-bond donors (Lipinski definition) is 1. The number of aromatic nitrogens is 1. The van der Waals surface area contributed by atoms with Crippen molar-refractivity contribution in [3.8, 4) is 0 Å². The topological polar surface area (TPSA) is 42.0 Å². The van der Waals surface area contributed by atoms with Crippen molar-refractivity contribution in [2.45, 2.75) is 5.88 Å². The van der Waals surface area contributed by atoms with Gasteiger partial charge < -0.3 is 0 Å². The second kappa shape index (κ2) is 5.49. The molecule has 1 aromatic heterocycles. The summed E-state index contributed by atoms with van der Waals surface area (Å²) in [5.41, 5.74) is 1.25. The number of nitrogens with zero attached hydrogens (tertiary/aromatic N) is 1. The molecule has 0 atom stereocenters. The van der Waals surface area contributed by atoms with Crippen LogP contribution < -0.4 is 5.32 Å². The molecule has 0 aliphatic carbocycles. The number of amides is 1. The number of carbonyl (C=O) groups excluding carboxylic acids is 1. The summed E-state index contributed by atoms with van der Waals surface area (Å²) in [7, 11) is 0. The Morgan fingerprint density at radius 2 is 2.29 bits per heavy atom. The number of rotatable bonds is 3. The lowest BCUT2D eigenvalue weighted by Gasteiger charge is -2.01. The van der Waals surface area contributed by atoms with Crippen molar-refractivity contribution >= 4 is 45.6 Å². The number of alkyl halides is 1. The first-order valence-electron chi connectivity index (χ1n) is 4.76. The Balaban J connectivity index is 2.11. The van der Waals surface area contributed by atoms with E-state index in [1.54, 1.807) is 29.6 Å². The van der Waals surface area contributed by atoms with Crippen LogP contribution in [0.15, 0.2) is 29.6 Å². The standard InChI is InChI=1S/C11H8Cl2N2OS/c12-5-9-6-17-11(14-9)15-10(16)7-2-1-3-8(13)4-7/h1-4,6H,5H2,(H,14,15,16). The summed E-state index contributed by atoms with van der Waals surface area (Å²) in [5, 5.41) is 5.56. The zero-order valence-electron chi connectivity index (χ0n) is 8.61. The van der Waals surface area contributed by atoms with Gasteiger partial charge >= 0.3 is 0 Å². The molecule has 1 N–H and O–H groups in total. The zero-order valence-corrected chi connectivity index (χ0v) is 10.9. The highest BCUT2D eigenvalue weighted by Gasteiger charge is 2.08. The Morgan fingerprint density at radius 1 is 1.47 bits per heavy atom. The fourth-order valence-corrected chi connectivity index (χ4v) is 2.35. The molecule has 3 nitrogen and oxygen atoms in total. The van der Waals surface area contributed by atoms with Crippen molar-refractivity contribution in [2.24, 2.45) is 0 Å². The van der Waals surface area contributed by atoms with Gasteiger partial charge in [0, 0.05) is 16.0 Å². The summed E-state index contributed by atoms with van der Waals surface area (Å²) in [6.07, 6.45) is 0. The van der Waals surface area contributed by atoms with Crippen LogP contribution in [0, 0.1) is 0 Å². The lowest BCUT2D eigenvalue weighted by molar-refractivity contribution is 0.102. The highest BCUT2D eigenvalue weighted by atomic mass is 35.5. The molecule has 17 heavy (non-hydrogen) atoms. The van der Waals surface area contributed by atoms with Crippen molar-refractivity contribution in [1.29, 1.82) is 0 Å². The predicted molar refractivity (Wildman–Crippen MR) is 71.1 cm³/mol. The minimum atomic E-state index is -0.233. The van der Waals surface area contributed by atoms with E-state index in [1.165, 1.54) is 11.3 Å². The molecule has 2 aromatic rings. The van der Waals surface area contributed by atoms with Gasteiger partial charge in [-0.15, -0.1) is 22.9 Å². The number of thiazole rings is 1. The number of carbonyl (C=O) groups is 1. The van der Waals surface area contributed by atoms with E-state index in [4.69, 9.17) is 23.2 Å². The lowest BCUT2D eigenvalue weighted by Crippen LogP contribution is -2.11. The van der Waals surface area contributed by atoms with Gasteiger partial charge in [-0.3, -0.25) is 10.1 Å². The summed E-state index contributed by atoms with van der Waals surface area (Å²) in [6, 6.07) is 6.74. The highest BCUT2D eigenvalue weighted by Crippen LogP contribution is 2.18. The average molecular weight is 287 g/mol. The van der Waals surface area contributed by atoms with Crippen LogP contribution in [0.4, 0.5) is 5.13 Å². The monoisotopic (exact) mass is 286 g/mol. The Morgan fingerprint density at radius 3 is 2.94 bits per heavy atom. The molecule has 0 radical (unpaired) electrons. The minimum Gasteiger partial charge on any atom is -0.298 e. The summed E-state index contributed by atoms with van der Waals surface area (Å²) in [5.74, 6) is 0.103. The van der Waals surface area contributed by atoms with Crippen LogP contribution in [0.2, 0.25) is 5.02 Å². The maximum absolute atomic E-state index is 11.8. The second-order valence-electron chi connectivity index (χ2n) is 3.24. The second-order valence-corrected chi connectivity index (χ2v) is 4.80. The van der Waals surface area contributed by atoms with E-state index in [-0.39, 0.29) is 5.91 Å². The summed E-state index contributed by atoms with van der Waals surface area (Å²) in [4.78, 5) is 16.0. The smallest absolute Gasteiger partial charge is 0.257 e. The quantitative estimate of drug-likeness (QED) is 0.873. The predicted octanol–water partition coefficient (Wildman–Crippen LogP) is 3.79. The van der Waals surface area contributed by atoms with E-state index in [0.29, 0.717) is 21.6 Å². The van der Waals surface area contributed by atoms with E-state index in [9.17, 15) is 4.79 Å². The molecule has 1 aromatic carbocycles. The summed E-state index contributed by atoms with van der Waals surface area (Å²) >= 11 is 12.8. The van der Waals surface area contributed by atoms with Crippen LogP contribution in [0.5, 0.6) is 0 Å². The third-order valence-electron chi connectivity index (χ3n) is 2.00. The number of nitrogens with one attached hydrogen (secondary N) is 1. The Kier molecular flexibility index (Phi) is 3.99. The molecule has 2 rings (SSSR count). The molecular weight excluding hydrogens is 279 g/mol. The van der Waals surface area contributed by atoms with Crippen LogP contribution in [-0.4, -0.2) is 10.9 Å². The lowest BCUT2D eigenvalue weighted by atomic mass is 10.2. The Labute approximate surface area is 112 Å².